The highest BCUT2D eigenvalue weighted by Gasteiger charge is 2.04. The van der Waals surface area contributed by atoms with Crippen molar-refractivity contribution in [2.75, 3.05) is 0 Å². The maximum absolute atomic E-state index is 11.9. The molecule has 0 unspecified atom stereocenters. The van der Waals surface area contributed by atoms with Gasteiger partial charge in [-0.25, -0.2) is 0 Å². The molecule has 0 bridgehead atoms. The molecule has 2 nitrogen and oxygen atoms in total. The molecule has 0 atom stereocenters. The second-order valence-electron chi connectivity index (χ2n) is 4.45. The van der Waals surface area contributed by atoms with E-state index in [0.717, 1.165) is 22.2 Å². The smallest absolute Gasteiger partial charge is 0.185 e. The van der Waals surface area contributed by atoms with Crippen molar-refractivity contribution in [1.82, 2.24) is 4.98 Å². The van der Waals surface area contributed by atoms with Crippen molar-refractivity contribution in [1.29, 1.82) is 0 Å². The number of pyridine rings is 1. The number of fused-ring (bicyclic) bond motifs is 1. The summed E-state index contributed by atoms with van der Waals surface area (Å²) in [4.78, 5) is 16.3. The first-order valence-electron chi connectivity index (χ1n) is 5.63. The van der Waals surface area contributed by atoms with E-state index in [4.69, 9.17) is 0 Å². The van der Waals surface area contributed by atoms with E-state index < -0.39 is 0 Å². The van der Waals surface area contributed by atoms with Gasteiger partial charge in [-0.15, -0.1) is 0 Å². The molecule has 0 spiro atoms. The number of aryl methyl sites for hydroxylation is 1. The van der Waals surface area contributed by atoms with Crippen molar-refractivity contribution >= 4 is 16.7 Å². The van der Waals surface area contributed by atoms with Crippen LogP contribution in [0.1, 0.15) is 29.9 Å². The summed E-state index contributed by atoms with van der Waals surface area (Å²) < 4.78 is 0. The Morgan fingerprint density at radius 3 is 2.65 bits per heavy atom. The Morgan fingerprint density at radius 2 is 1.94 bits per heavy atom. The van der Waals surface area contributed by atoms with Crippen LogP contribution in [0.2, 0.25) is 0 Å². The predicted octanol–water partition coefficient (Wildman–Crippen LogP) is 3.69. The Morgan fingerprint density at radius 1 is 1.18 bits per heavy atom. The lowest BCUT2D eigenvalue weighted by Gasteiger charge is -2.01. The normalized spacial score (nSPS) is 10.3. The summed E-state index contributed by atoms with van der Waals surface area (Å²) in [6, 6.07) is 9.57. The third-order valence-electron chi connectivity index (χ3n) is 2.53. The maximum atomic E-state index is 11.9. The van der Waals surface area contributed by atoms with Gasteiger partial charge in [-0.1, -0.05) is 11.6 Å². The number of aromatic nitrogens is 1. The van der Waals surface area contributed by atoms with E-state index >= 15 is 0 Å². The van der Waals surface area contributed by atoms with Crippen LogP contribution in [0.3, 0.4) is 0 Å². The van der Waals surface area contributed by atoms with Gasteiger partial charge >= 0.3 is 0 Å². The zero-order valence-electron chi connectivity index (χ0n) is 10.3. The molecule has 0 amide bonds. The molecule has 0 aliphatic carbocycles. The van der Waals surface area contributed by atoms with Crippen LogP contribution in [0.4, 0.5) is 0 Å². The Balaban J connectivity index is 2.48. The summed E-state index contributed by atoms with van der Waals surface area (Å²) >= 11 is 0. The Labute approximate surface area is 101 Å². The van der Waals surface area contributed by atoms with E-state index in [1.165, 1.54) is 0 Å². The number of allylic oxidation sites excluding steroid dienone is 2. The molecule has 2 rings (SSSR count). The fourth-order valence-electron chi connectivity index (χ4n) is 1.73. The van der Waals surface area contributed by atoms with Gasteiger partial charge in [0.15, 0.2) is 5.78 Å². The van der Waals surface area contributed by atoms with Gasteiger partial charge in [0.2, 0.25) is 0 Å². The van der Waals surface area contributed by atoms with E-state index in [-0.39, 0.29) is 5.78 Å². The molecule has 0 aliphatic heterocycles. The fourth-order valence-corrected chi connectivity index (χ4v) is 1.73. The highest BCUT2D eigenvalue weighted by molar-refractivity contribution is 6.06. The quantitative estimate of drug-likeness (QED) is 0.576. The topological polar surface area (TPSA) is 30.0 Å². The summed E-state index contributed by atoms with van der Waals surface area (Å²) in [6.45, 7) is 5.80. The lowest BCUT2D eigenvalue weighted by Crippen LogP contribution is -1.95. The van der Waals surface area contributed by atoms with Crippen LogP contribution in [-0.4, -0.2) is 10.8 Å². The van der Waals surface area contributed by atoms with Crippen molar-refractivity contribution in [2.45, 2.75) is 20.8 Å². The number of hydrogen-bond donors (Lipinski definition) is 0. The molecule has 0 saturated heterocycles. The number of benzene rings is 1. The van der Waals surface area contributed by atoms with Crippen molar-refractivity contribution < 1.29 is 4.79 Å². The van der Waals surface area contributed by atoms with Gasteiger partial charge in [0, 0.05) is 16.6 Å². The zero-order chi connectivity index (χ0) is 12.4. The third kappa shape index (κ3) is 2.59. The Kier molecular flexibility index (Phi) is 3.05. The summed E-state index contributed by atoms with van der Waals surface area (Å²) in [7, 11) is 0. The molecule has 2 heteroatoms. The van der Waals surface area contributed by atoms with Gasteiger partial charge in [-0.05, 0) is 51.1 Å². The molecular formula is C15H15NO. The van der Waals surface area contributed by atoms with Gasteiger partial charge in [0.05, 0.1) is 5.52 Å². The molecule has 0 fully saturated rings. The highest BCUT2D eigenvalue weighted by atomic mass is 16.1. The number of ketones is 1. The van der Waals surface area contributed by atoms with Crippen LogP contribution >= 0.6 is 0 Å². The van der Waals surface area contributed by atoms with Crippen molar-refractivity contribution in [3.05, 3.63) is 53.2 Å². The first-order chi connectivity index (χ1) is 8.06. The largest absolute Gasteiger partial charge is 0.289 e. The first-order valence-corrected chi connectivity index (χ1v) is 5.63. The van der Waals surface area contributed by atoms with Gasteiger partial charge in [-0.2, -0.15) is 0 Å². The zero-order valence-corrected chi connectivity index (χ0v) is 10.3. The lowest BCUT2D eigenvalue weighted by atomic mass is 10.1. The molecule has 1 aromatic carbocycles. The van der Waals surface area contributed by atoms with E-state index in [9.17, 15) is 4.79 Å². The van der Waals surface area contributed by atoms with E-state index in [2.05, 4.69) is 4.98 Å². The molecule has 0 N–H and O–H groups in total. The van der Waals surface area contributed by atoms with Gasteiger partial charge in [0.25, 0.3) is 0 Å². The minimum atomic E-state index is 0.0486. The standard InChI is InChI=1S/C15H15NO/c1-10(2)8-15(17)13-6-7-14-12(9-13)5-4-11(3)16-14/h4-9H,1-3H3. The fraction of sp³-hybridized carbons (Fsp3) is 0.200. The van der Waals surface area contributed by atoms with Gasteiger partial charge in [-0.3, -0.25) is 9.78 Å². The molecule has 2 aromatic rings. The average molecular weight is 225 g/mol. The predicted molar refractivity (Wildman–Crippen MR) is 70.2 cm³/mol. The second-order valence-corrected chi connectivity index (χ2v) is 4.45. The van der Waals surface area contributed by atoms with Crippen LogP contribution in [0.5, 0.6) is 0 Å². The minimum Gasteiger partial charge on any atom is -0.289 e. The first kappa shape index (κ1) is 11.5. The van der Waals surface area contributed by atoms with E-state index in [0.29, 0.717) is 5.56 Å². The summed E-state index contributed by atoms with van der Waals surface area (Å²) in [5, 5.41) is 1.00. The maximum Gasteiger partial charge on any atom is 0.185 e. The Hall–Kier alpha value is -1.96. The molecular weight excluding hydrogens is 210 g/mol. The SMILES string of the molecule is CC(C)=CC(=O)c1ccc2nc(C)ccc2c1. The molecule has 1 aromatic heterocycles. The van der Waals surface area contributed by atoms with E-state index in [1.807, 2.05) is 51.1 Å². The van der Waals surface area contributed by atoms with E-state index in [1.54, 1.807) is 6.08 Å². The number of carbonyl (C=O) groups is 1. The lowest BCUT2D eigenvalue weighted by molar-refractivity contribution is 0.104. The molecule has 17 heavy (non-hydrogen) atoms. The molecule has 0 saturated carbocycles. The van der Waals surface area contributed by atoms with Gasteiger partial charge in [0.1, 0.15) is 0 Å². The number of carbonyl (C=O) groups excluding carboxylic acids is 1. The third-order valence-corrected chi connectivity index (χ3v) is 2.53. The van der Waals surface area contributed by atoms with Crippen LogP contribution in [-0.2, 0) is 0 Å². The van der Waals surface area contributed by atoms with Crippen LogP contribution in [0.15, 0.2) is 42.0 Å². The molecule has 0 aliphatic rings. The Bertz CT molecular complexity index is 607. The monoisotopic (exact) mass is 225 g/mol. The van der Waals surface area contributed by atoms with Crippen molar-refractivity contribution in [3.63, 3.8) is 0 Å². The summed E-state index contributed by atoms with van der Waals surface area (Å²) in [5.74, 6) is 0.0486. The molecule has 86 valence electrons. The van der Waals surface area contributed by atoms with Crippen molar-refractivity contribution in [2.24, 2.45) is 0 Å². The minimum absolute atomic E-state index is 0.0486. The summed E-state index contributed by atoms with van der Waals surface area (Å²) in [5.41, 5.74) is 3.64. The van der Waals surface area contributed by atoms with Crippen LogP contribution < -0.4 is 0 Å². The molecule has 1 heterocycles. The van der Waals surface area contributed by atoms with Crippen molar-refractivity contribution in [3.8, 4) is 0 Å². The highest BCUT2D eigenvalue weighted by Crippen LogP contribution is 2.15. The molecule has 0 radical (unpaired) electrons. The van der Waals surface area contributed by atoms with Gasteiger partial charge < -0.3 is 0 Å². The number of nitrogens with zero attached hydrogens (tertiary/aromatic N) is 1. The summed E-state index contributed by atoms with van der Waals surface area (Å²) in [6.07, 6.45) is 1.66. The average Bonchev–Trinajstić information content (AvgIpc) is 2.27. The van der Waals surface area contributed by atoms with Crippen LogP contribution in [0.25, 0.3) is 10.9 Å². The number of hydrogen-bond acceptors (Lipinski definition) is 2. The second kappa shape index (κ2) is 4.50. The number of rotatable bonds is 2. The van der Waals surface area contributed by atoms with Crippen LogP contribution in [0, 0.1) is 6.92 Å².